The molecule has 5 nitrogen and oxygen atoms in total. The van der Waals surface area contributed by atoms with Gasteiger partial charge in [-0.05, 0) is 35.4 Å². The van der Waals surface area contributed by atoms with Crippen LogP contribution >= 0.6 is 0 Å². The van der Waals surface area contributed by atoms with Crippen LogP contribution in [0.15, 0.2) is 42.7 Å². The van der Waals surface area contributed by atoms with E-state index in [9.17, 15) is 0 Å². The lowest BCUT2D eigenvalue weighted by atomic mass is 9.97. The van der Waals surface area contributed by atoms with Crippen molar-refractivity contribution >= 4 is 22.7 Å². The molecule has 2 aromatic carbocycles. The summed E-state index contributed by atoms with van der Waals surface area (Å²) < 4.78 is 16.3. The number of benzene rings is 2. The summed E-state index contributed by atoms with van der Waals surface area (Å²) in [7, 11) is 4.92. The number of nitrogens with zero attached hydrogens (tertiary/aromatic N) is 1. The lowest BCUT2D eigenvalue weighted by Gasteiger charge is -2.20. The predicted octanol–water partition coefficient (Wildman–Crippen LogP) is 4.32. The molecule has 1 aliphatic heterocycles. The van der Waals surface area contributed by atoms with Crippen LogP contribution in [-0.2, 0) is 0 Å². The SMILES string of the molecule is COc1ccc(-c2cnc3c(OC)c(OC)cc4c3c2NC=C4)cc1. The molecule has 126 valence electrons. The first kappa shape index (κ1) is 15.3. The topological polar surface area (TPSA) is 52.6 Å². The highest BCUT2D eigenvalue weighted by atomic mass is 16.5. The van der Waals surface area contributed by atoms with Crippen LogP contribution in [0.3, 0.4) is 0 Å². The molecule has 0 bridgehead atoms. The van der Waals surface area contributed by atoms with Gasteiger partial charge in [0.15, 0.2) is 11.5 Å². The number of rotatable bonds is 4. The summed E-state index contributed by atoms with van der Waals surface area (Å²) in [4.78, 5) is 4.67. The number of ether oxygens (including phenoxy) is 3. The number of nitrogens with one attached hydrogen (secondary N) is 1. The van der Waals surface area contributed by atoms with Crippen LogP contribution < -0.4 is 19.5 Å². The molecule has 0 aliphatic carbocycles. The number of hydrogen-bond acceptors (Lipinski definition) is 5. The van der Waals surface area contributed by atoms with Gasteiger partial charge in [-0.15, -0.1) is 0 Å². The normalized spacial score (nSPS) is 12.0. The first-order chi connectivity index (χ1) is 12.3. The summed E-state index contributed by atoms with van der Waals surface area (Å²) >= 11 is 0. The Balaban J connectivity index is 1.99. The van der Waals surface area contributed by atoms with Crippen molar-refractivity contribution in [3.8, 4) is 28.4 Å². The van der Waals surface area contributed by atoms with Crippen molar-refractivity contribution in [1.29, 1.82) is 0 Å². The summed E-state index contributed by atoms with van der Waals surface area (Å²) in [5, 5.41) is 4.38. The fourth-order valence-corrected chi connectivity index (χ4v) is 3.19. The molecule has 0 radical (unpaired) electrons. The Morgan fingerprint density at radius 2 is 1.76 bits per heavy atom. The number of anilines is 1. The Morgan fingerprint density at radius 3 is 2.44 bits per heavy atom. The molecule has 4 rings (SSSR count). The number of methoxy groups -OCH3 is 3. The van der Waals surface area contributed by atoms with E-state index in [1.54, 1.807) is 21.3 Å². The van der Waals surface area contributed by atoms with E-state index < -0.39 is 0 Å². The molecule has 5 heteroatoms. The van der Waals surface area contributed by atoms with Gasteiger partial charge in [-0.2, -0.15) is 0 Å². The van der Waals surface area contributed by atoms with Gasteiger partial charge in [0.2, 0.25) is 0 Å². The maximum Gasteiger partial charge on any atom is 0.187 e. The Kier molecular flexibility index (Phi) is 3.69. The maximum absolute atomic E-state index is 5.55. The van der Waals surface area contributed by atoms with Crippen molar-refractivity contribution in [2.24, 2.45) is 0 Å². The van der Waals surface area contributed by atoms with E-state index in [1.165, 1.54) is 0 Å². The quantitative estimate of drug-likeness (QED) is 0.770. The molecule has 0 atom stereocenters. The molecule has 3 aromatic rings. The summed E-state index contributed by atoms with van der Waals surface area (Å²) in [6, 6.07) is 9.92. The lowest BCUT2D eigenvalue weighted by molar-refractivity contribution is 0.358. The van der Waals surface area contributed by atoms with Crippen LogP contribution in [0.1, 0.15) is 5.56 Å². The zero-order valence-corrected chi connectivity index (χ0v) is 14.3. The van der Waals surface area contributed by atoms with Crippen molar-refractivity contribution in [2.75, 3.05) is 26.6 Å². The van der Waals surface area contributed by atoms with Crippen LogP contribution in [0.4, 0.5) is 5.69 Å². The van der Waals surface area contributed by atoms with Gasteiger partial charge in [-0.1, -0.05) is 12.1 Å². The van der Waals surface area contributed by atoms with Crippen LogP contribution in [0.25, 0.3) is 28.1 Å². The summed E-state index contributed by atoms with van der Waals surface area (Å²) in [5.74, 6) is 2.14. The molecular weight excluding hydrogens is 316 g/mol. The second kappa shape index (κ2) is 6.02. The molecule has 0 saturated carbocycles. The van der Waals surface area contributed by atoms with E-state index in [4.69, 9.17) is 14.2 Å². The van der Waals surface area contributed by atoms with Gasteiger partial charge in [0.05, 0.1) is 27.0 Å². The molecule has 0 amide bonds. The van der Waals surface area contributed by atoms with E-state index >= 15 is 0 Å². The largest absolute Gasteiger partial charge is 0.497 e. The summed E-state index contributed by atoms with van der Waals surface area (Å²) in [5.41, 5.74) is 4.92. The fraction of sp³-hybridized carbons (Fsp3) is 0.150. The average molecular weight is 334 g/mol. The summed E-state index contributed by atoms with van der Waals surface area (Å²) in [6.45, 7) is 0. The number of hydrogen-bond donors (Lipinski definition) is 1. The van der Waals surface area contributed by atoms with Gasteiger partial charge < -0.3 is 19.5 Å². The molecular formula is C20H18N2O3. The molecule has 1 aromatic heterocycles. The lowest BCUT2D eigenvalue weighted by Crippen LogP contribution is -2.03. The zero-order valence-electron chi connectivity index (χ0n) is 14.3. The van der Waals surface area contributed by atoms with Gasteiger partial charge in [0.1, 0.15) is 11.3 Å². The van der Waals surface area contributed by atoms with Gasteiger partial charge in [0, 0.05) is 23.3 Å². The minimum atomic E-state index is 0.640. The highest BCUT2D eigenvalue weighted by Crippen LogP contribution is 2.45. The van der Waals surface area contributed by atoms with Crippen molar-refractivity contribution in [3.63, 3.8) is 0 Å². The Hall–Kier alpha value is -3.21. The smallest absolute Gasteiger partial charge is 0.187 e. The molecule has 1 N–H and O–H groups in total. The second-order valence-corrected chi connectivity index (χ2v) is 5.68. The second-order valence-electron chi connectivity index (χ2n) is 5.68. The molecule has 2 heterocycles. The zero-order chi connectivity index (χ0) is 17.4. The third-order valence-electron chi connectivity index (χ3n) is 4.41. The molecule has 0 fully saturated rings. The molecule has 25 heavy (non-hydrogen) atoms. The molecule has 0 unspecified atom stereocenters. The first-order valence-corrected chi connectivity index (χ1v) is 7.92. The minimum absolute atomic E-state index is 0.640. The summed E-state index contributed by atoms with van der Waals surface area (Å²) in [6.07, 6.45) is 5.80. The van der Waals surface area contributed by atoms with E-state index in [0.29, 0.717) is 11.5 Å². The average Bonchev–Trinajstić information content (AvgIpc) is 2.68. The van der Waals surface area contributed by atoms with E-state index in [0.717, 1.165) is 39.0 Å². The first-order valence-electron chi connectivity index (χ1n) is 7.92. The molecule has 1 aliphatic rings. The molecule has 0 spiro atoms. The van der Waals surface area contributed by atoms with Crippen molar-refractivity contribution in [2.45, 2.75) is 0 Å². The van der Waals surface area contributed by atoms with Gasteiger partial charge in [0.25, 0.3) is 0 Å². The number of pyridine rings is 1. The van der Waals surface area contributed by atoms with Crippen molar-refractivity contribution < 1.29 is 14.2 Å². The van der Waals surface area contributed by atoms with Gasteiger partial charge in [-0.25, -0.2) is 0 Å². The predicted molar refractivity (Wildman–Crippen MR) is 99.5 cm³/mol. The van der Waals surface area contributed by atoms with E-state index in [-0.39, 0.29) is 0 Å². The van der Waals surface area contributed by atoms with E-state index in [1.807, 2.05) is 48.8 Å². The Morgan fingerprint density at radius 1 is 0.960 bits per heavy atom. The fourth-order valence-electron chi connectivity index (χ4n) is 3.19. The minimum Gasteiger partial charge on any atom is -0.497 e. The highest BCUT2D eigenvalue weighted by Gasteiger charge is 2.21. The Labute approximate surface area is 145 Å². The van der Waals surface area contributed by atoms with Crippen molar-refractivity contribution in [3.05, 3.63) is 48.3 Å². The van der Waals surface area contributed by atoms with Gasteiger partial charge in [-0.3, -0.25) is 4.98 Å². The van der Waals surface area contributed by atoms with Crippen LogP contribution in [0, 0.1) is 0 Å². The standard InChI is InChI=1S/C20H18N2O3/c1-23-14-6-4-12(5-7-14)15-11-22-19-17-13(8-9-21-18(15)17)10-16(24-2)20(19)25-3/h4-11,21H,1-3H3. The van der Waals surface area contributed by atoms with Gasteiger partial charge >= 0.3 is 0 Å². The Bertz CT molecular complexity index is 979. The third-order valence-corrected chi connectivity index (χ3v) is 4.41. The maximum atomic E-state index is 5.55. The van der Waals surface area contributed by atoms with Crippen LogP contribution in [-0.4, -0.2) is 26.3 Å². The highest BCUT2D eigenvalue weighted by molar-refractivity contribution is 6.09. The number of aromatic nitrogens is 1. The van der Waals surface area contributed by atoms with Crippen LogP contribution in [0.2, 0.25) is 0 Å². The monoisotopic (exact) mass is 334 g/mol. The third kappa shape index (κ3) is 2.36. The van der Waals surface area contributed by atoms with E-state index in [2.05, 4.69) is 10.3 Å². The van der Waals surface area contributed by atoms with Crippen LogP contribution in [0.5, 0.6) is 17.2 Å². The van der Waals surface area contributed by atoms with Crippen molar-refractivity contribution in [1.82, 2.24) is 4.98 Å². The molecule has 0 saturated heterocycles.